The van der Waals surface area contributed by atoms with Crippen molar-refractivity contribution >= 4 is 0 Å². The molecule has 0 spiro atoms. The van der Waals surface area contributed by atoms with E-state index >= 15 is 0 Å². The van der Waals surface area contributed by atoms with Crippen LogP contribution in [0.25, 0.3) is 0 Å². The summed E-state index contributed by atoms with van der Waals surface area (Å²) in [5, 5.41) is 5.00. The van der Waals surface area contributed by atoms with Gasteiger partial charge in [-0.2, -0.15) is 0 Å². The summed E-state index contributed by atoms with van der Waals surface area (Å²) in [6, 6.07) is 0. The van der Waals surface area contributed by atoms with Gasteiger partial charge in [0.05, 0.1) is 12.2 Å². The van der Waals surface area contributed by atoms with E-state index in [1.807, 2.05) is 0 Å². The molecule has 0 aromatic rings. The molecule has 2 unspecified atom stereocenters. The molecule has 0 amide bonds. The van der Waals surface area contributed by atoms with Gasteiger partial charge in [-0.25, -0.2) is 9.78 Å². The van der Waals surface area contributed by atoms with Crippen molar-refractivity contribution in [2.45, 2.75) is 104 Å². The molecular formula is C16H34O3. The molecule has 0 aromatic carbocycles. The predicted molar refractivity (Wildman–Crippen MR) is 79.7 cm³/mol. The van der Waals surface area contributed by atoms with E-state index in [0.29, 0.717) is 0 Å². The van der Waals surface area contributed by atoms with Crippen LogP contribution in [0.5, 0.6) is 0 Å². The van der Waals surface area contributed by atoms with E-state index in [1.165, 1.54) is 38.5 Å². The molecule has 0 radical (unpaired) electrons. The highest BCUT2D eigenvalue weighted by Gasteiger charge is 2.11. The first-order valence-corrected chi connectivity index (χ1v) is 8.27. The van der Waals surface area contributed by atoms with Gasteiger partial charge in [0.1, 0.15) is 0 Å². The van der Waals surface area contributed by atoms with Crippen LogP contribution in [0.15, 0.2) is 0 Å². The Morgan fingerprint density at radius 1 is 0.632 bits per heavy atom. The van der Waals surface area contributed by atoms with Crippen molar-refractivity contribution in [2.75, 3.05) is 0 Å². The molecule has 0 rings (SSSR count). The lowest BCUT2D eigenvalue weighted by molar-refractivity contribution is -0.540. The Labute approximate surface area is 119 Å². The zero-order chi connectivity index (χ0) is 14.3. The Balaban J connectivity index is 3.64. The standard InChI is InChI=1S/C16H34O3/c1-5-9-11-13-15(7-3)17-19-18-16(8-4)14-12-10-6-2/h15-16H,5-14H2,1-4H3. The highest BCUT2D eigenvalue weighted by Crippen LogP contribution is 2.14. The Morgan fingerprint density at radius 2 is 1.05 bits per heavy atom. The van der Waals surface area contributed by atoms with Crippen LogP contribution in [0.2, 0.25) is 0 Å². The molecule has 0 aromatic heterocycles. The molecule has 0 saturated heterocycles. The summed E-state index contributed by atoms with van der Waals surface area (Å²) in [5.74, 6) is 0. The maximum atomic E-state index is 5.35. The third-order valence-electron chi connectivity index (χ3n) is 3.52. The van der Waals surface area contributed by atoms with Gasteiger partial charge in [0, 0.05) is 0 Å². The van der Waals surface area contributed by atoms with Crippen molar-refractivity contribution in [1.29, 1.82) is 0 Å². The van der Waals surface area contributed by atoms with Gasteiger partial charge in [-0.15, -0.1) is 0 Å². The van der Waals surface area contributed by atoms with Crippen LogP contribution >= 0.6 is 0 Å². The quantitative estimate of drug-likeness (QED) is 0.235. The lowest BCUT2D eigenvalue weighted by Gasteiger charge is -2.17. The van der Waals surface area contributed by atoms with Gasteiger partial charge in [0.2, 0.25) is 0 Å². The monoisotopic (exact) mass is 274 g/mol. The highest BCUT2D eigenvalue weighted by molar-refractivity contribution is 4.54. The minimum atomic E-state index is 0.166. The summed E-state index contributed by atoms with van der Waals surface area (Å²) in [6.07, 6.45) is 11.8. The van der Waals surface area contributed by atoms with E-state index in [0.717, 1.165) is 25.7 Å². The first kappa shape index (κ1) is 18.9. The highest BCUT2D eigenvalue weighted by atomic mass is 17.5. The van der Waals surface area contributed by atoms with Crippen molar-refractivity contribution < 1.29 is 14.8 Å². The fraction of sp³-hybridized carbons (Fsp3) is 1.00. The maximum Gasteiger partial charge on any atom is 0.0958 e. The van der Waals surface area contributed by atoms with E-state index in [-0.39, 0.29) is 12.2 Å². The van der Waals surface area contributed by atoms with Crippen molar-refractivity contribution in [3.8, 4) is 0 Å². The van der Waals surface area contributed by atoms with Gasteiger partial charge in [0.25, 0.3) is 0 Å². The Kier molecular flexibility index (Phi) is 14.2. The van der Waals surface area contributed by atoms with Crippen molar-refractivity contribution in [3.63, 3.8) is 0 Å². The van der Waals surface area contributed by atoms with Gasteiger partial charge in [0.15, 0.2) is 0 Å². The third kappa shape index (κ3) is 11.4. The summed E-state index contributed by atoms with van der Waals surface area (Å²) >= 11 is 0. The summed E-state index contributed by atoms with van der Waals surface area (Å²) in [5.41, 5.74) is 0. The van der Waals surface area contributed by atoms with Crippen LogP contribution in [-0.4, -0.2) is 12.2 Å². The molecule has 3 heteroatoms. The Hall–Kier alpha value is -0.120. The molecule has 0 N–H and O–H groups in total. The molecule has 0 aliphatic carbocycles. The number of hydrogen-bond acceptors (Lipinski definition) is 3. The number of rotatable bonds is 14. The summed E-state index contributed by atoms with van der Waals surface area (Å²) in [4.78, 5) is 10.7. The summed E-state index contributed by atoms with van der Waals surface area (Å²) in [7, 11) is 0. The fourth-order valence-electron chi connectivity index (χ4n) is 2.02. The van der Waals surface area contributed by atoms with Gasteiger partial charge >= 0.3 is 0 Å². The van der Waals surface area contributed by atoms with E-state index < -0.39 is 0 Å². The largest absolute Gasteiger partial charge is 0.203 e. The van der Waals surface area contributed by atoms with Crippen LogP contribution < -0.4 is 0 Å². The Bertz CT molecular complexity index is 155. The minimum Gasteiger partial charge on any atom is -0.203 e. The second-order valence-corrected chi connectivity index (χ2v) is 5.31. The van der Waals surface area contributed by atoms with Gasteiger partial charge in [-0.3, -0.25) is 0 Å². The minimum absolute atomic E-state index is 0.166. The maximum absolute atomic E-state index is 5.35. The van der Waals surface area contributed by atoms with Gasteiger partial charge in [-0.05, 0) is 25.7 Å². The van der Waals surface area contributed by atoms with Gasteiger partial charge < -0.3 is 0 Å². The molecule has 0 fully saturated rings. The van der Waals surface area contributed by atoms with E-state index in [2.05, 4.69) is 27.7 Å². The second-order valence-electron chi connectivity index (χ2n) is 5.31. The smallest absolute Gasteiger partial charge is 0.0958 e. The zero-order valence-electron chi connectivity index (χ0n) is 13.5. The lowest BCUT2D eigenvalue weighted by Crippen LogP contribution is -2.17. The van der Waals surface area contributed by atoms with Crippen LogP contribution in [-0.2, 0) is 14.8 Å². The summed E-state index contributed by atoms with van der Waals surface area (Å²) in [6.45, 7) is 8.67. The van der Waals surface area contributed by atoms with E-state index in [1.54, 1.807) is 0 Å². The molecule has 0 bridgehead atoms. The van der Waals surface area contributed by atoms with Crippen LogP contribution in [0.3, 0.4) is 0 Å². The SMILES string of the molecule is CCCCCC(CC)OOOC(CC)CCCCC. The topological polar surface area (TPSA) is 27.7 Å². The van der Waals surface area contributed by atoms with Crippen molar-refractivity contribution in [2.24, 2.45) is 0 Å². The molecule has 116 valence electrons. The van der Waals surface area contributed by atoms with Crippen LogP contribution in [0, 0.1) is 0 Å². The molecular weight excluding hydrogens is 240 g/mol. The van der Waals surface area contributed by atoms with E-state index in [4.69, 9.17) is 14.8 Å². The first-order valence-electron chi connectivity index (χ1n) is 8.27. The third-order valence-corrected chi connectivity index (χ3v) is 3.52. The van der Waals surface area contributed by atoms with Crippen LogP contribution in [0.1, 0.15) is 91.9 Å². The molecule has 19 heavy (non-hydrogen) atoms. The van der Waals surface area contributed by atoms with Crippen LogP contribution in [0.4, 0.5) is 0 Å². The molecule has 2 atom stereocenters. The Morgan fingerprint density at radius 3 is 1.37 bits per heavy atom. The molecule has 0 saturated carbocycles. The van der Waals surface area contributed by atoms with Crippen molar-refractivity contribution in [1.82, 2.24) is 0 Å². The average Bonchev–Trinajstić information content (AvgIpc) is 2.44. The molecule has 0 aliphatic rings. The van der Waals surface area contributed by atoms with E-state index in [9.17, 15) is 0 Å². The number of hydrogen-bond donors (Lipinski definition) is 0. The number of unbranched alkanes of at least 4 members (excludes halogenated alkanes) is 4. The second kappa shape index (κ2) is 14.3. The van der Waals surface area contributed by atoms with Crippen molar-refractivity contribution in [3.05, 3.63) is 0 Å². The molecule has 0 heterocycles. The average molecular weight is 274 g/mol. The lowest BCUT2D eigenvalue weighted by atomic mass is 10.1. The normalized spacial score (nSPS) is 14.5. The predicted octanol–water partition coefficient (Wildman–Crippen LogP) is 5.58. The molecule has 0 aliphatic heterocycles. The zero-order valence-corrected chi connectivity index (χ0v) is 13.5. The molecule has 3 nitrogen and oxygen atoms in total. The van der Waals surface area contributed by atoms with Gasteiger partial charge in [-0.1, -0.05) is 71.3 Å². The summed E-state index contributed by atoms with van der Waals surface area (Å²) < 4.78 is 0. The fourth-order valence-corrected chi connectivity index (χ4v) is 2.02. The first-order chi connectivity index (χ1) is 9.28.